The summed E-state index contributed by atoms with van der Waals surface area (Å²) in [4.78, 5) is 29.5. The maximum Gasteiger partial charge on any atom is 0.226 e. The van der Waals surface area contributed by atoms with Crippen LogP contribution in [-0.2, 0) is 23.7 Å². The van der Waals surface area contributed by atoms with Crippen LogP contribution in [0.15, 0.2) is 42.1 Å². The van der Waals surface area contributed by atoms with Gasteiger partial charge in [0.2, 0.25) is 11.5 Å². The molecule has 2 atom stereocenters. The number of nitrogens with zero attached hydrogens (tertiary/aromatic N) is 3. The fourth-order valence-corrected chi connectivity index (χ4v) is 5.20. The molecular formula is C23H23N3O2. The molecule has 142 valence electrons. The van der Waals surface area contributed by atoms with E-state index in [4.69, 9.17) is 11.7 Å². The molecule has 4 rings (SSSR count). The Hall–Kier alpha value is -3.00. The second-order valence-electron chi connectivity index (χ2n) is 8.56. The van der Waals surface area contributed by atoms with E-state index in [2.05, 4.69) is 11.8 Å². The van der Waals surface area contributed by atoms with Crippen LogP contribution >= 0.6 is 0 Å². The van der Waals surface area contributed by atoms with E-state index in [1.807, 2.05) is 44.2 Å². The van der Waals surface area contributed by atoms with Crippen molar-refractivity contribution in [2.75, 3.05) is 0 Å². The molecule has 0 fully saturated rings. The zero-order chi connectivity index (χ0) is 20.3. The van der Waals surface area contributed by atoms with Crippen molar-refractivity contribution in [3.05, 3.63) is 76.0 Å². The first-order valence-corrected chi connectivity index (χ1v) is 9.53. The minimum absolute atomic E-state index is 0.0417. The van der Waals surface area contributed by atoms with E-state index < -0.39 is 10.8 Å². The van der Waals surface area contributed by atoms with E-state index >= 15 is 0 Å². The van der Waals surface area contributed by atoms with Gasteiger partial charge < -0.3 is 4.79 Å². The Bertz CT molecular complexity index is 1070. The summed E-state index contributed by atoms with van der Waals surface area (Å²) in [6.07, 6.45) is 3.28. The molecule has 0 N–H and O–H groups in total. The molecule has 0 spiro atoms. The van der Waals surface area contributed by atoms with Crippen molar-refractivity contribution in [1.29, 1.82) is 0 Å². The smallest absolute Gasteiger partial charge is 0.226 e. The predicted octanol–water partition coefficient (Wildman–Crippen LogP) is 3.88. The molecule has 0 aliphatic heterocycles. The molecule has 2 aliphatic rings. The summed E-state index contributed by atoms with van der Waals surface area (Å²) in [5.41, 5.74) is 2.01. The van der Waals surface area contributed by atoms with Crippen LogP contribution < -0.4 is 0 Å². The van der Waals surface area contributed by atoms with Crippen molar-refractivity contribution < 1.29 is 9.59 Å². The van der Waals surface area contributed by atoms with Crippen LogP contribution in [0.4, 0.5) is 0 Å². The third-order valence-corrected chi connectivity index (χ3v) is 6.56. The molecule has 0 radical (unpaired) electrons. The number of Topliss-reactive ketones (excluding diaryl/α,β-unsaturated/α-hetero) is 1. The highest BCUT2D eigenvalue weighted by molar-refractivity contribution is 6.09. The number of allylic oxidation sites excluding steroid dienone is 2. The van der Waals surface area contributed by atoms with Crippen molar-refractivity contribution in [2.24, 2.45) is 18.4 Å². The predicted molar refractivity (Wildman–Crippen MR) is 106 cm³/mol. The van der Waals surface area contributed by atoms with Crippen LogP contribution in [0, 0.1) is 17.9 Å². The van der Waals surface area contributed by atoms with Gasteiger partial charge in [-0.2, -0.15) is 5.10 Å². The molecule has 1 aromatic carbocycles. The molecule has 2 aliphatic carbocycles. The highest BCUT2D eigenvalue weighted by Gasteiger charge is 2.55. The number of hydrogen-bond donors (Lipinski definition) is 0. The fourth-order valence-electron chi connectivity index (χ4n) is 5.20. The molecule has 1 heterocycles. The van der Waals surface area contributed by atoms with Crippen molar-refractivity contribution in [2.45, 2.75) is 39.0 Å². The molecule has 28 heavy (non-hydrogen) atoms. The molecule has 2 aromatic rings. The lowest BCUT2D eigenvalue weighted by molar-refractivity contribution is -0.128. The van der Waals surface area contributed by atoms with Crippen LogP contribution in [0.5, 0.6) is 0 Å². The quantitative estimate of drug-likeness (QED) is 0.593. The van der Waals surface area contributed by atoms with Gasteiger partial charge in [-0.3, -0.25) is 9.48 Å². The summed E-state index contributed by atoms with van der Waals surface area (Å²) >= 11 is 0. The fraction of sp³-hybridized carbons (Fsp3) is 0.391. The Balaban J connectivity index is 1.91. The Labute approximate surface area is 164 Å². The van der Waals surface area contributed by atoms with Gasteiger partial charge in [-0.15, -0.1) is 0 Å². The van der Waals surface area contributed by atoms with Gasteiger partial charge in [-0.1, -0.05) is 57.2 Å². The number of carbonyl (C=O) groups excluding carboxylic acids is 2. The number of carbonyl (C=O) groups is 2. The third kappa shape index (κ3) is 2.34. The summed E-state index contributed by atoms with van der Waals surface area (Å²) in [6, 6.07) is 9.22. The normalized spacial score (nSPS) is 25.3. The van der Waals surface area contributed by atoms with Crippen molar-refractivity contribution in [3.8, 4) is 0 Å². The minimum atomic E-state index is -0.637. The lowest BCUT2D eigenvalue weighted by atomic mass is 9.53. The molecule has 5 nitrogen and oxygen atoms in total. The number of aromatic nitrogens is 2. The Morgan fingerprint density at radius 3 is 2.57 bits per heavy atom. The zero-order valence-electron chi connectivity index (χ0n) is 16.6. The lowest BCUT2D eigenvalue weighted by Crippen LogP contribution is -2.51. The molecule has 0 unspecified atom stereocenters. The van der Waals surface area contributed by atoms with Gasteiger partial charge in [0, 0.05) is 29.0 Å². The molecule has 0 saturated heterocycles. The molecule has 0 amide bonds. The third-order valence-electron chi connectivity index (χ3n) is 6.56. The van der Waals surface area contributed by atoms with Gasteiger partial charge in [-0.25, -0.2) is 4.85 Å². The topological polar surface area (TPSA) is 56.3 Å². The van der Waals surface area contributed by atoms with Crippen LogP contribution in [-0.4, -0.2) is 21.3 Å². The second-order valence-corrected chi connectivity index (χ2v) is 8.56. The van der Waals surface area contributed by atoms with Gasteiger partial charge in [0.05, 0.1) is 12.3 Å². The van der Waals surface area contributed by atoms with E-state index in [0.717, 1.165) is 17.7 Å². The van der Waals surface area contributed by atoms with E-state index in [9.17, 15) is 9.59 Å². The van der Waals surface area contributed by atoms with Crippen LogP contribution in [0.3, 0.4) is 0 Å². The van der Waals surface area contributed by atoms with E-state index in [1.54, 1.807) is 17.8 Å². The van der Waals surface area contributed by atoms with Gasteiger partial charge in [0.1, 0.15) is 5.69 Å². The van der Waals surface area contributed by atoms with Crippen molar-refractivity contribution in [1.82, 2.24) is 9.78 Å². The summed E-state index contributed by atoms with van der Waals surface area (Å²) in [5.74, 6) is -0.0931. The summed E-state index contributed by atoms with van der Waals surface area (Å²) in [6.45, 7) is 13.4. The first kappa shape index (κ1) is 18.4. The first-order valence-electron chi connectivity index (χ1n) is 9.53. The standard InChI is InChI=1S/C23H23N3O2/c1-22(2)17-12-11-15-18(19(27)14-9-7-6-8-10-14)26(5)25-20(15)23(17,3)13-16(24-4)21(22)28/h6-10,13,17H,11-12H2,1-3,5H3/t17-,23-/m0/s1. The van der Waals surface area contributed by atoms with Gasteiger partial charge in [-0.05, 0) is 18.8 Å². The van der Waals surface area contributed by atoms with Crippen molar-refractivity contribution in [3.63, 3.8) is 0 Å². The molecule has 5 heteroatoms. The SMILES string of the molecule is [C-]#[N+]C1=C[C@]2(C)c3nn(C)c(C(=O)c4ccccc4)c3CC[C@H]2C(C)(C)C1=O. The van der Waals surface area contributed by atoms with Crippen molar-refractivity contribution >= 4 is 11.6 Å². The Morgan fingerprint density at radius 1 is 1.25 bits per heavy atom. The van der Waals surface area contributed by atoms with Gasteiger partial charge in [0.15, 0.2) is 5.78 Å². The highest BCUT2D eigenvalue weighted by Crippen LogP contribution is 2.54. The second kappa shape index (κ2) is 6.00. The molecule has 0 bridgehead atoms. The Kier molecular flexibility index (Phi) is 3.94. The monoisotopic (exact) mass is 373 g/mol. The van der Waals surface area contributed by atoms with Crippen LogP contribution in [0.25, 0.3) is 4.85 Å². The van der Waals surface area contributed by atoms with E-state index in [1.165, 1.54) is 0 Å². The molecule has 0 saturated carbocycles. The number of benzene rings is 1. The largest absolute Gasteiger partial charge is 0.307 e. The molecular weight excluding hydrogens is 350 g/mol. The number of fused-ring (bicyclic) bond motifs is 3. The first-order chi connectivity index (χ1) is 13.2. The number of ketones is 2. The number of aryl methyl sites for hydroxylation is 1. The minimum Gasteiger partial charge on any atom is -0.307 e. The summed E-state index contributed by atoms with van der Waals surface area (Å²) in [7, 11) is 1.80. The average Bonchev–Trinajstić information content (AvgIpc) is 3.02. The van der Waals surface area contributed by atoms with Gasteiger partial charge in [0.25, 0.3) is 0 Å². The Morgan fingerprint density at radius 2 is 1.93 bits per heavy atom. The summed E-state index contributed by atoms with van der Waals surface area (Å²) in [5, 5.41) is 4.75. The molecule has 1 aromatic heterocycles. The average molecular weight is 373 g/mol. The van der Waals surface area contributed by atoms with E-state index in [-0.39, 0.29) is 23.2 Å². The van der Waals surface area contributed by atoms with Gasteiger partial charge >= 0.3 is 0 Å². The highest BCUT2D eigenvalue weighted by atomic mass is 16.1. The number of rotatable bonds is 2. The number of hydrogen-bond acceptors (Lipinski definition) is 3. The van der Waals surface area contributed by atoms with E-state index in [0.29, 0.717) is 17.7 Å². The zero-order valence-corrected chi connectivity index (χ0v) is 16.6. The van der Waals surface area contributed by atoms with Crippen LogP contribution in [0.2, 0.25) is 0 Å². The lowest BCUT2D eigenvalue weighted by Gasteiger charge is -2.49. The van der Waals surface area contributed by atoms with Crippen LogP contribution in [0.1, 0.15) is 54.5 Å². The maximum atomic E-state index is 13.2. The maximum absolute atomic E-state index is 13.2. The summed E-state index contributed by atoms with van der Waals surface area (Å²) < 4.78 is 1.67.